The minimum atomic E-state index is 0. The predicted octanol–water partition coefficient (Wildman–Crippen LogP) is 10.2. The summed E-state index contributed by atoms with van der Waals surface area (Å²) in [5, 5.41) is 14.2. The molecule has 0 aliphatic heterocycles. The smallest absolute Gasteiger partial charge is 0.144 e. The average molecular weight is 801 g/mol. The molecule has 0 fully saturated rings. The van der Waals surface area contributed by atoms with E-state index in [1.165, 1.54) is 11.1 Å². The number of nitrogens with zero attached hydrogens (tertiary/aromatic N) is 4. The van der Waals surface area contributed by atoms with E-state index >= 15 is 0 Å². The second-order valence-electron chi connectivity index (χ2n) is 12.2. The molecule has 3 heterocycles. The fourth-order valence-corrected chi connectivity index (χ4v) is 7.05. The number of phenolic OH excluding ortho intramolecular Hbond substituents is 1. The molecule has 0 unspecified atom stereocenters. The van der Waals surface area contributed by atoms with Crippen molar-refractivity contribution in [3.8, 4) is 45.2 Å². The number of aromatic nitrogens is 4. The Morgan fingerprint density at radius 1 is 0.583 bits per heavy atom. The van der Waals surface area contributed by atoms with Gasteiger partial charge in [-0.2, -0.15) is 0 Å². The maximum Gasteiger partial charge on any atom is 0.144 e. The third-order valence-corrected chi connectivity index (χ3v) is 9.03. The maximum absolute atomic E-state index is 11.1. The van der Waals surface area contributed by atoms with Crippen LogP contribution in [0.3, 0.4) is 0 Å². The van der Waals surface area contributed by atoms with Gasteiger partial charge in [-0.1, -0.05) is 114 Å². The van der Waals surface area contributed by atoms with Crippen LogP contribution in [0.25, 0.3) is 83.2 Å². The summed E-state index contributed by atoms with van der Waals surface area (Å²) in [7, 11) is 0. The molecule has 0 aliphatic carbocycles. The Kier molecular flexibility index (Phi) is 7.23. The molecule has 6 aromatic carbocycles. The Morgan fingerprint density at radius 3 is 2.10 bits per heavy atom. The number of phenols is 1. The minimum absolute atomic E-state index is 0. The van der Waals surface area contributed by atoms with Crippen LogP contribution in [0.2, 0.25) is 0 Å². The number of benzene rings is 6. The normalized spacial score (nSPS) is 11.5. The first-order chi connectivity index (χ1) is 23.0. The molecule has 1 N–H and O–H groups in total. The SMILES string of the molecule is Cc1cc(C)cc(-c2cc(-c3cccc4c3nc(-c3cccc5c3[n-]c3ccccc35)n4-c3ccccc3)nc3c(O)cccc23)c1.[Pt]. The Morgan fingerprint density at radius 2 is 1.27 bits per heavy atom. The van der Waals surface area contributed by atoms with Crippen LogP contribution in [-0.4, -0.2) is 19.6 Å². The first kappa shape index (κ1) is 29.9. The van der Waals surface area contributed by atoms with E-state index in [-0.39, 0.29) is 26.8 Å². The van der Waals surface area contributed by atoms with E-state index in [0.29, 0.717) is 5.52 Å². The summed E-state index contributed by atoms with van der Waals surface area (Å²) < 4.78 is 2.22. The molecule has 3 aromatic heterocycles. The van der Waals surface area contributed by atoms with Crippen LogP contribution in [0.4, 0.5) is 0 Å². The first-order valence-electron chi connectivity index (χ1n) is 15.8. The third kappa shape index (κ3) is 4.73. The van der Waals surface area contributed by atoms with Crippen molar-refractivity contribution in [2.24, 2.45) is 0 Å². The van der Waals surface area contributed by atoms with Crippen LogP contribution in [0.1, 0.15) is 11.1 Å². The number of fused-ring (bicyclic) bond motifs is 5. The molecule has 0 spiro atoms. The molecular weight excluding hydrogens is 772 g/mol. The molecule has 234 valence electrons. The van der Waals surface area contributed by atoms with Crippen molar-refractivity contribution in [2.45, 2.75) is 13.8 Å². The van der Waals surface area contributed by atoms with Crippen LogP contribution in [0, 0.1) is 13.8 Å². The van der Waals surface area contributed by atoms with E-state index in [4.69, 9.17) is 15.0 Å². The molecular formula is C42H29N4OPt-. The Balaban J connectivity index is 0.00000336. The molecule has 0 radical (unpaired) electrons. The van der Waals surface area contributed by atoms with Gasteiger partial charge in [0.05, 0.1) is 16.7 Å². The molecule has 6 heteroatoms. The molecule has 0 amide bonds. The van der Waals surface area contributed by atoms with Gasteiger partial charge >= 0.3 is 0 Å². The molecule has 5 nitrogen and oxygen atoms in total. The summed E-state index contributed by atoms with van der Waals surface area (Å²) in [6, 6.07) is 45.5. The fraction of sp³-hybridized carbons (Fsp3) is 0.0476. The van der Waals surface area contributed by atoms with Crippen molar-refractivity contribution >= 4 is 43.7 Å². The van der Waals surface area contributed by atoms with Gasteiger partial charge < -0.3 is 10.1 Å². The van der Waals surface area contributed by atoms with E-state index < -0.39 is 0 Å². The molecule has 0 saturated carbocycles. The molecule has 9 rings (SSSR count). The summed E-state index contributed by atoms with van der Waals surface area (Å²) >= 11 is 0. The number of aromatic hydroxyl groups is 1. The van der Waals surface area contributed by atoms with Gasteiger partial charge in [0.1, 0.15) is 17.1 Å². The van der Waals surface area contributed by atoms with Crippen molar-refractivity contribution in [1.29, 1.82) is 0 Å². The summed E-state index contributed by atoms with van der Waals surface area (Å²) in [6.07, 6.45) is 0. The number of hydrogen-bond acceptors (Lipinski definition) is 3. The van der Waals surface area contributed by atoms with E-state index in [1.54, 1.807) is 6.07 Å². The zero-order valence-electron chi connectivity index (χ0n) is 26.3. The van der Waals surface area contributed by atoms with Gasteiger partial charge in [0, 0.05) is 43.3 Å². The number of rotatable bonds is 4. The predicted molar refractivity (Wildman–Crippen MR) is 192 cm³/mol. The zero-order valence-corrected chi connectivity index (χ0v) is 28.5. The largest absolute Gasteiger partial charge is 0.656 e. The minimum Gasteiger partial charge on any atom is -0.656 e. The molecule has 0 bridgehead atoms. The Labute approximate surface area is 291 Å². The number of imidazole rings is 1. The van der Waals surface area contributed by atoms with Gasteiger partial charge in [-0.3, -0.25) is 4.57 Å². The second kappa shape index (κ2) is 11.6. The van der Waals surface area contributed by atoms with Crippen molar-refractivity contribution in [3.05, 3.63) is 145 Å². The van der Waals surface area contributed by atoms with Crippen LogP contribution in [0.15, 0.2) is 133 Å². The van der Waals surface area contributed by atoms with Gasteiger partial charge in [-0.15, -0.1) is 11.0 Å². The summed E-state index contributed by atoms with van der Waals surface area (Å²) in [4.78, 5) is 15.6. The summed E-state index contributed by atoms with van der Waals surface area (Å²) in [6.45, 7) is 4.23. The molecule has 0 atom stereocenters. The summed E-state index contributed by atoms with van der Waals surface area (Å²) in [5.74, 6) is 0.962. The van der Waals surface area contributed by atoms with Crippen LogP contribution < -0.4 is 4.98 Å². The van der Waals surface area contributed by atoms with Crippen molar-refractivity contribution < 1.29 is 26.2 Å². The van der Waals surface area contributed by atoms with Gasteiger partial charge in [0.2, 0.25) is 0 Å². The Bertz CT molecular complexity index is 2650. The number of hydrogen-bond donors (Lipinski definition) is 1. The molecule has 0 saturated heterocycles. The summed E-state index contributed by atoms with van der Waals surface area (Å²) in [5.41, 5.74) is 12.3. The Hall–Kier alpha value is -5.51. The second-order valence-corrected chi connectivity index (χ2v) is 12.2. The third-order valence-electron chi connectivity index (χ3n) is 9.03. The van der Waals surface area contributed by atoms with Crippen LogP contribution in [-0.2, 0) is 21.1 Å². The van der Waals surface area contributed by atoms with E-state index in [2.05, 4.69) is 109 Å². The van der Waals surface area contributed by atoms with E-state index in [1.807, 2.05) is 36.4 Å². The standard InChI is InChI=1S/C42H29N4O.Pt/c1-25-21-26(2)23-27(22-25)34-24-36(44-41-31(34)15-10-20-38(41)47)32-16-9-19-37-40(32)45-42(46(37)28-11-4-3-5-12-28)33-17-8-14-30-29-13-6-7-18-35(29)43-39(30)33;/h3-24H,1-2H3,(H-,43,44,45,47);/q-1;. The van der Waals surface area contributed by atoms with Crippen molar-refractivity contribution in [1.82, 2.24) is 19.5 Å². The molecule has 9 aromatic rings. The maximum atomic E-state index is 11.1. The van der Waals surface area contributed by atoms with E-state index in [9.17, 15) is 5.11 Å². The fourth-order valence-electron chi connectivity index (χ4n) is 7.05. The topological polar surface area (TPSA) is 65.0 Å². The monoisotopic (exact) mass is 800 g/mol. The number of aryl methyl sites for hydroxylation is 2. The van der Waals surface area contributed by atoms with Crippen molar-refractivity contribution in [3.63, 3.8) is 0 Å². The molecule has 48 heavy (non-hydrogen) atoms. The molecule has 0 aliphatic rings. The number of pyridine rings is 1. The zero-order chi connectivity index (χ0) is 31.6. The number of para-hydroxylation sites is 5. The van der Waals surface area contributed by atoms with Gasteiger partial charge in [-0.05, 0) is 66.1 Å². The first-order valence-corrected chi connectivity index (χ1v) is 15.8. The van der Waals surface area contributed by atoms with Crippen LogP contribution in [0.5, 0.6) is 5.75 Å². The van der Waals surface area contributed by atoms with Gasteiger partial charge in [-0.25, -0.2) is 9.97 Å². The van der Waals surface area contributed by atoms with E-state index in [0.717, 1.165) is 77.7 Å². The van der Waals surface area contributed by atoms with Crippen molar-refractivity contribution in [2.75, 3.05) is 0 Å². The van der Waals surface area contributed by atoms with Gasteiger partial charge in [0.15, 0.2) is 0 Å². The van der Waals surface area contributed by atoms with Gasteiger partial charge in [0.25, 0.3) is 0 Å². The quantitative estimate of drug-likeness (QED) is 0.193. The average Bonchev–Trinajstić information content (AvgIpc) is 3.67. The van der Waals surface area contributed by atoms with Crippen LogP contribution >= 0.6 is 0 Å².